The Morgan fingerprint density at radius 1 is 1.19 bits per heavy atom. The van der Waals surface area contributed by atoms with Gasteiger partial charge in [0.1, 0.15) is 11.5 Å². The van der Waals surface area contributed by atoms with Crippen LogP contribution in [-0.4, -0.2) is 43.6 Å². The number of hydrogen-bond donors (Lipinski definition) is 2. The van der Waals surface area contributed by atoms with Gasteiger partial charge in [-0.2, -0.15) is 5.10 Å². The molecule has 0 saturated carbocycles. The van der Waals surface area contributed by atoms with Gasteiger partial charge in [-0.15, -0.1) is 0 Å². The van der Waals surface area contributed by atoms with Crippen molar-refractivity contribution >= 4 is 5.96 Å². The first-order chi connectivity index (χ1) is 12.5. The van der Waals surface area contributed by atoms with Crippen LogP contribution in [0.25, 0.3) is 0 Å². The van der Waals surface area contributed by atoms with Gasteiger partial charge in [0.15, 0.2) is 5.96 Å². The van der Waals surface area contributed by atoms with Crippen LogP contribution in [0.5, 0.6) is 11.5 Å². The second-order valence-corrected chi connectivity index (χ2v) is 6.05. The molecule has 7 nitrogen and oxygen atoms in total. The molecule has 0 aliphatic heterocycles. The molecule has 0 atom stereocenters. The summed E-state index contributed by atoms with van der Waals surface area (Å²) in [4.78, 5) is 4.28. The van der Waals surface area contributed by atoms with Gasteiger partial charge >= 0.3 is 0 Å². The third-order valence-corrected chi connectivity index (χ3v) is 4.49. The number of aryl methyl sites for hydroxylation is 2. The minimum Gasteiger partial charge on any atom is -0.497 e. The number of methoxy groups -OCH3 is 2. The molecule has 0 bridgehead atoms. The maximum Gasteiger partial charge on any atom is 0.191 e. The molecule has 0 radical (unpaired) electrons. The highest BCUT2D eigenvalue weighted by atomic mass is 16.5. The number of ether oxygens (including phenoxy) is 2. The summed E-state index contributed by atoms with van der Waals surface area (Å²) in [6.07, 6.45) is 0.901. The molecule has 2 aromatic rings. The lowest BCUT2D eigenvalue weighted by atomic mass is 10.1. The highest BCUT2D eigenvalue weighted by molar-refractivity contribution is 5.79. The van der Waals surface area contributed by atoms with Crippen LogP contribution in [0.4, 0.5) is 0 Å². The van der Waals surface area contributed by atoms with E-state index in [2.05, 4.69) is 27.6 Å². The number of nitrogens with one attached hydrogen (secondary N) is 2. The average Bonchev–Trinajstić information content (AvgIpc) is 2.90. The molecule has 26 heavy (non-hydrogen) atoms. The van der Waals surface area contributed by atoms with Crippen LogP contribution in [0, 0.1) is 13.8 Å². The van der Waals surface area contributed by atoms with E-state index in [1.807, 2.05) is 36.9 Å². The molecular weight excluding hydrogens is 330 g/mol. The molecule has 142 valence electrons. The zero-order valence-corrected chi connectivity index (χ0v) is 16.5. The van der Waals surface area contributed by atoms with Crippen molar-refractivity contribution in [1.82, 2.24) is 20.4 Å². The van der Waals surface area contributed by atoms with Crippen molar-refractivity contribution in [3.05, 3.63) is 40.7 Å². The average molecular weight is 359 g/mol. The second kappa shape index (κ2) is 9.12. The number of aromatic nitrogens is 2. The van der Waals surface area contributed by atoms with Gasteiger partial charge in [-0.1, -0.05) is 0 Å². The minimum atomic E-state index is 0.609. The Labute approximate surface area is 155 Å². The van der Waals surface area contributed by atoms with Crippen LogP contribution in [0.1, 0.15) is 22.5 Å². The molecule has 2 N–H and O–H groups in total. The quantitative estimate of drug-likeness (QED) is 0.584. The molecule has 1 aromatic carbocycles. The van der Waals surface area contributed by atoms with Gasteiger partial charge in [0.2, 0.25) is 0 Å². The summed E-state index contributed by atoms with van der Waals surface area (Å²) in [5.74, 6) is 2.31. The van der Waals surface area contributed by atoms with Crippen LogP contribution in [0.3, 0.4) is 0 Å². The molecule has 0 amide bonds. The van der Waals surface area contributed by atoms with E-state index in [4.69, 9.17) is 9.47 Å². The van der Waals surface area contributed by atoms with Crippen LogP contribution in [0.2, 0.25) is 0 Å². The van der Waals surface area contributed by atoms with E-state index in [9.17, 15) is 0 Å². The maximum atomic E-state index is 5.43. The zero-order chi connectivity index (χ0) is 19.1. The summed E-state index contributed by atoms with van der Waals surface area (Å²) < 4.78 is 12.6. The Kier molecular flexibility index (Phi) is 6.89. The fraction of sp³-hybridized carbons (Fsp3) is 0.474. The Morgan fingerprint density at radius 2 is 1.96 bits per heavy atom. The van der Waals surface area contributed by atoms with Crippen molar-refractivity contribution < 1.29 is 9.47 Å². The number of guanidine groups is 1. The summed E-state index contributed by atoms with van der Waals surface area (Å²) >= 11 is 0. The first kappa shape index (κ1) is 19.6. The molecule has 0 saturated heterocycles. The smallest absolute Gasteiger partial charge is 0.191 e. The summed E-state index contributed by atoms with van der Waals surface area (Å²) in [6, 6.07) is 5.78. The number of nitrogens with zero attached hydrogens (tertiary/aromatic N) is 3. The van der Waals surface area contributed by atoms with Crippen molar-refractivity contribution in [2.24, 2.45) is 12.0 Å². The lowest BCUT2D eigenvalue weighted by Gasteiger charge is -2.14. The lowest BCUT2D eigenvalue weighted by Crippen LogP contribution is -2.38. The Balaban J connectivity index is 1.90. The normalized spacial score (nSPS) is 11.4. The number of hydrogen-bond acceptors (Lipinski definition) is 4. The molecule has 0 aliphatic carbocycles. The van der Waals surface area contributed by atoms with Crippen LogP contribution >= 0.6 is 0 Å². The van der Waals surface area contributed by atoms with Gasteiger partial charge in [0.05, 0.1) is 19.9 Å². The van der Waals surface area contributed by atoms with Crippen molar-refractivity contribution in [3.63, 3.8) is 0 Å². The van der Waals surface area contributed by atoms with E-state index in [0.717, 1.165) is 41.7 Å². The first-order valence-corrected chi connectivity index (χ1v) is 8.64. The highest BCUT2D eigenvalue weighted by Crippen LogP contribution is 2.24. The summed E-state index contributed by atoms with van der Waals surface area (Å²) in [6.45, 7) is 5.54. The highest BCUT2D eigenvalue weighted by Gasteiger charge is 2.10. The topological polar surface area (TPSA) is 72.7 Å². The third-order valence-electron chi connectivity index (χ3n) is 4.49. The number of aliphatic imine (C=N–C) groups is 1. The van der Waals surface area contributed by atoms with Crippen LogP contribution in [-0.2, 0) is 20.0 Å². The number of rotatable bonds is 7. The molecule has 0 unspecified atom stereocenters. The monoisotopic (exact) mass is 359 g/mol. The van der Waals surface area contributed by atoms with Gasteiger partial charge in [-0.25, -0.2) is 0 Å². The van der Waals surface area contributed by atoms with Crippen LogP contribution < -0.4 is 20.1 Å². The van der Waals surface area contributed by atoms with Gasteiger partial charge in [0.25, 0.3) is 0 Å². The van der Waals surface area contributed by atoms with Crippen molar-refractivity contribution in [3.8, 4) is 11.5 Å². The Hall–Kier alpha value is -2.70. The molecule has 0 fully saturated rings. The molecule has 1 aromatic heterocycles. The van der Waals surface area contributed by atoms with E-state index in [1.54, 1.807) is 21.3 Å². The molecule has 0 spiro atoms. The Morgan fingerprint density at radius 3 is 2.54 bits per heavy atom. The van der Waals surface area contributed by atoms with Gasteiger partial charge in [-0.3, -0.25) is 9.67 Å². The minimum absolute atomic E-state index is 0.609. The van der Waals surface area contributed by atoms with Crippen molar-refractivity contribution in [1.29, 1.82) is 0 Å². The fourth-order valence-electron chi connectivity index (χ4n) is 2.88. The first-order valence-electron chi connectivity index (χ1n) is 8.64. The van der Waals surface area contributed by atoms with E-state index in [1.165, 1.54) is 11.3 Å². The van der Waals surface area contributed by atoms with Crippen molar-refractivity contribution in [2.45, 2.75) is 26.8 Å². The van der Waals surface area contributed by atoms with Gasteiger partial charge in [0, 0.05) is 44.5 Å². The maximum absolute atomic E-state index is 5.43. The molecule has 2 rings (SSSR count). The summed E-state index contributed by atoms with van der Waals surface area (Å²) in [5.41, 5.74) is 4.61. The molecule has 1 heterocycles. The van der Waals surface area contributed by atoms with E-state index in [-0.39, 0.29) is 0 Å². The molecular formula is C19H29N5O2. The largest absolute Gasteiger partial charge is 0.497 e. The van der Waals surface area contributed by atoms with E-state index < -0.39 is 0 Å². The summed E-state index contributed by atoms with van der Waals surface area (Å²) in [5, 5.41) is 11.1. The van der Waals surface area contributed by atoms with Crippen molar-refractivity contribution in [2.75, 3.05) is 27.8 Å². The third kappa shape index (κ3) is 4.68. The predicted octanol–water partition coefficient (Wildman–Crippen LogP) is 1.96. The van der Waals surface area contributed by atoms with E-state index in [0.29, 0.717) is 6.54 Å². The number of benzene rings is 1. The fourth-order valence-corrected chi connectivity index (χ4v) is 2.88. The SMILES string of the molecule is CN=C(NCCc1c(C)nn(C)c1C)NCc1ccc(OC)cc1OC. The second-order valence-electron chi connectivity index (χ2n) is 6.05. The van der Waals surface area contributed by atoms with Gasteiger partial charge in [-0.05, 0) is 38.0 Å². The van der Waals surface area contributed by atoms with Crippen LogP contribution in [0.15, 0.2) is 23.2 Å². The lowest BCUT2D eigenvalue weighted by molar-refractivity contribution is 0.390. The molecule has 0 aliphatic rings. The standard InChI is InChI=1S/C19H29N5O2/c1-13-17(14(2)24(4)23-13)9-10-21-19(20-3)22-12-15-7-8-16(25-5)11-18(15)26-6/h7-8,11H,9-10,12H2,1-6H3,(H2,20,21,22). The predicted molar refractivity (Wildman–Crippen MR) is 104 cm³/mol. The van der Waals surface area contributed by atoms with Gasteiger partial charge < -0.3 is 20.1 Å². The van der Waals surface area contributed by atoms with E-state index >= 15 is 0 Å². The summed E-state index contributed by atoms with van der Waals surface area (Å²) in [7, 11) is 7.04. The molecule has 7 heteroatoms. The Bertz CT molecular complexity index is 768. The zero-order valence-electron chi connectivity index (χ0n) is 16.5.